The van der Waals surface area contributed by atoms with Crippen LogP contribution < -0.4 is 10.6 Å². The SMILES string of the molecule is CC(C)(C)OC(=O)C[C@@]1(O)CCCN(c2ccc(N)cc2F)CC1. The molecule has 0 aliphatic carbocycles. The second-order valence-electron chi connectivity index (χ2n) is 7.54. The third-order valence-corrected chi connectivity index (χ3v) is 4.12. The van der Waals surface area contributed by atoms with Gasteiger partial charge in [0.2, 0.25) is 0 Å². The molecule has 1 fully saturated rings. The monoisotopic (exact) mass is 338 g/mol. The van der Waals surface area contributed by atoms with Gasteiger partial charge in [0.25, 0.3) is 0 Å². The molecule has 2 rings (SSSR count). The van der Waals surface area contributed by atoms with Crippen molar-refractivity contribution in [2.24, 2.45) is 0 Å². The van der Waals surface area contributed by atoms with E-state index in [0.29, 0.717) is 43.7 Å². The molecule has 0 saturated carbocycles. The average molecular weight is 338 g/mol. The summed E-state index contributed by atoms with van der Waals surface area (Å²) in [6.07, 6.45) is 1.50. The van der Waals surface area contributed by atoms with Gasteiger partial charge in [-0.25, -0.2) is 4.39 Å². The lowest BCUT2D eigenvalue weighted by atomic mass is 9.91. The Morgan fingerprint density at radius 2 is 2.08 bits per heavy atom. The largest absolute Gasteiger partial charge is 0.460 e. The van der Waals surface area contributed by atoms with Crippen molar-refractivity contribution in [3.05, 3.63) is 24.0 Å². The number of esters is 1. The van der Waals surface area contributed by atoms with E-state index in [9.17, 15) is 14.3 Å². The second-order valence-corrected chi connectivity index (χ2v) is 7.54. The zero-order valence-corrected chi connectivity index (χ0v) is 14.6. The van der Waals surface area contributed by atoms with Crippen molar-refractivity contribution in [1.82, 2.24) is 0 Å². The number of rotatable bonds is 3. The first-order valence-electron chi connectivity index (χ1n) is 8.32. The van der Waals surface area contributed by atoms with E-state index in [4.69, 9.17) is 10.5 Å². The summed E-state index contributed by atoms with van der Waals surface area (Å²) in [5.41, 5.74) is 4.76. The molecule has 1 aliphatic rings. The minimum absolute atomic E-state index is 0.0394. The van der Waals surface area contributed by atoms with Crippen molar-refractivity contribution >= 4 is 17.3 Å². The Morgan fingerprint density at radius 3 is 2.71 bits per heavy atom. The van der Waals surface area contributed by atoms with E-state index >= 15 is 0 Å². The maximum Gasteiger partial charge on any atom is 0.309 e. The zero-order chi connectivity index (χ0) is 18.0. The fraction of sp³-hybridized carbons (Fsp3) is 0.611. The average Bonchev–Trinajstić information content (AvgIpc) is 2.58. The van der Waals surface area contributed by atoms with Crippen LogP contribution in [-0.2, 0) is 9.53 Å². The van der Waals surface area contributed by atoms with Crippen LogP contribution in [0.15, 0.2) is 18.2 Å². The topological polar surface area (TPSA) is 75.8 Å². The van der Waals surface area contributed by atoms with E-state index in [-0.39, 0.29) is 12.2 Å². The molecular weight excluding hydrogens is 311 g/mol. The number of anilines is 2. The molecule has 0 bridgehead atoms. The van der Waals surface area contributed by atoms with Gasteiger partial charge in [-0.05, 0) is 58.2 Å². The van der Waals surface area contributed by atoms with E-state index in [2.05, 4.69) is 0 Å². The Morgan fingerprint density at radius 1 is 1.38 bits per heavy atom. The highest BCUT2D eigenvalue weighted by Crippen LogP contribution is 2.30. The first kappa shape index (κ1) is 18.5. The first-order valence-corrected chi connectivity index (χ1v) is 8.32. The zero-order valence-electron chi connectivity index (χ0n) is 14.6. The van der Waals surface area contributed by atoms with Crippen LogP contribution in [0.2, 0.25) is 0 Å². The number of carbonyl (C=O) groups excluding carboxylic acids is 1. The van der Waals surface area contributed by atoms with Crippen LogP contribution in [-0.4, -0.2) is 35.4 Å². The van der Waals surface area contributed by atoms with Gasteiger partial charge in [0.15, 0.2) is 0 Å². The highest BCUT2D eigenvalue weighted by molar-refractivity contribution is 5.71. The van der Waals surface area contributed by atoms with E-state index in [1.807, 2.05) is 4.90 Å². The third kappa shape index (κ3) is 5.09. The summed E-state index contributed by atoms with van der Waals surface area (Å²) in [6.45, 7) is 6.49. The second kappa shape index (κ2) is 6.97. The fourth-order valence-electron chi connectivity index (χ4n) is 3.02. The number of carbonyl (C=O) groups is 1. The van der Waals surface area contributed by atoms with Crippen molar-refractivity contribution in [2.45, 2.75) is 57.7 Å². The normalized spacial score (nSPS) is 22.1. The van der Waals surface area contributed by atoms with Crippen molar-refractivity contribution in [3.63, 3.8) is 0 Å². The van der Waals surface area contributed by atoms with Gasteiger partial charge in [0.05, 0.1) is 17.7 Å². The molecule has 0 radical (unpaired) electrons. The van der Waals surface area contributed by atoms with Crippen molar-refractivity contribution in [1.29, 1.82) is 0 Å². The Bertz CT molecular complexity index is 600. The molecule has 0 aromatic heterocycles. The quantitative estimate of drug-likeness (QED) is 0.655. The van der Waals surface area contributed by atoms with Gasteiger partial charge in [-0.3, -0.25) is 4.79 Å². The molecule has 1 atom stereocenters. The van der Waals surface area contributed by atoms with Crippen LogP contribution in [0.1, 0.15) is 46.5 Å². The van der Waals surface area contributed by atoms with Gasteiger partial charge in [0, 0.05) is 18.8 Å². The van der Waals surface area contributed by atoms with Crippen molar-refractivity contribution in [2.75, 3.05) is 23.7 Å². The molecule has 6 heteroatoms. The highest BCUT2D eigenvalue weighted by Gasteiger charge is 2.34. The minimum atomic E-state index is -1.11. The van der Waals surface area contributed by atoms with Gasteiger partial charge in [0.1, 0.15) is 11.4 Å². The summed E-state index contributed by atoms with van der Waals surface area (Å²) in [7, 11) is 0. The number of nitrogens with zero attached hydrogens (tertiary/aromatic N) is 1. The summed E-state index contributed by atoms with van der Waals surface area (Å²) in [6, 6.07) is 4.62. The van der Waals surface area contributed by atoms with Crippen LogP contribution in [0.3, 0.4) is 0 Å². The van der Waals surface area contributed by atoms with E-state index < -0.39 is 17.2 Å². The Balaban J connectivity index is 2.02. The van der Waals surface area contributed by atoms with Gasteiger partial charge < -0.3 is 20.5 Å². The number of aliphatic hydroxyl groups is 1. The van der Waals surface area contributed by atoms with Crippen molar-refractivity contribution < 1.29 is 19.0 Å². The molecule has 0 unspecified atom stereocenters. The highest BCUT2D eigenvalue weighted by atomic mass is 19.1. The summed E-state index contributed by atoms with van der Waals surface area (Å²) in [5, 5.41) is 10.8. The molecule has 24 heavy (non-hydrogen) atoms. The lowest BCUT2D eigenvalue weighted by Crippen LogP contribution is -2.36. The molecule has 5 nitrogen and oxygen atoms in total. The molecule has 1 saturated heterocycles. The molecule has 1 aromatic carbocycles. The van der Waals surface area contributed by atoms with Crippen LogP contribution in [0.4, 0.5) is 15.8 Å². The molecule has 1 aliphatic heterocycles. The number of halogens is 1. The lowest BCUT2D eigenvalue weighted by molar-refractivity contribution is -0.160. The number of ether oxygens (including phenoxy) is 1. The summed E-state index contributed by atoms with van der Waals surface area (Å²) < 4.78 is 19.4. The van der Waals surface area contributed by atoms with E-state index in [0.717, 1.165) is 0 Å². The van der Waals surface area contributed by atoms with E-state index in [1.54, 1.807) is 32.9 Å². The number of nitrogen functional groups attached to an aromatic ring is 1. The lowest BCUT2D eigenvalue weighted by Gasteiger charge is -2.28. The van der Waals surface area contributed by atoms with E-state index in [1.165, 1.54) is 6.07 Å². The maximum absolute atomic E-state index is 14.1. The van der Waals surface area contributed by atoms with Crippen LogP contribution in [0, 0.1) is 5.82 Å². The predicted octanol–water partition coefficient (Wildman–Crippen LogP) is 2.86. The van der Waals surface area contributed by atoms with Crippen LogP contribution in [0.25, 0.3) is 0 Å². The molecular formula is C18H27FN2O3. The van der Waals surface area contributed by atoms with Gasteiger partial charge in [-0.2, -0.15) is 0 Å². The molecule has 134 valence electrons. The first-order chi connectivity index (χ1) is 11.1. The van der Waals surface area contributed by atoms with Crippen LogP contribution >= 0.6 is 0 Å². The smallest absolute Gasteiger partial charge is 0.309 e. The van der Waals surface area contributed by atoms with Crippen molar-refractivity contribution in [3.8, 4) is 0 Å². The number of hydrogen-bond acceptors (Lipinski definition) is 5. The standard InChI is InChI=1S/C18H27FN2O3/c1-17(2,3)24-16(22)12-18(23)7-4-9-21(10-8-18)15-6-5-13(20)11-14(15)19/h5-6,11,23H,4,7-10,12,20H2,1-3H3/t18-/m1/s1. The van der Waals surface area contributed by atoms with Crippen LogP contribution in [0.5, 0.6) is 0 Å². The maximum atomic E-state index is 14.1. The summed E-state index contributed by atoms with van der Waals surface area (Å²) in [4.78, 5) is 13.9. The van der Waals surface area contributed by atoms with Gasteiger partial charge in [-0.1, -0.05) is 0 Å². The minimum Gasteiger partial charge on any atom is -0.460 e. The Kier molecular flexibility index (Phi) is 5.38. The molecule has 0 spiro atoms. The Labute approximate surface area is 142 Å². The number of hydrogen-bond donors (Lipinski definition) is 2. The summed E-state index contributed by atoms with van der Waals surface area (Å²) >= 11 is 0. The third-order valence-electron chi connectivity index (χ3n) is 4.12. The molecule has 1 heterocycles. The number of nitrogens with two attached hydrogens (primary N) is 1. The van der Waals surface area contributed by atoms with Gasteiger partial charge in [-0.15, -0.1) is 0 Å². The summed E-state index contributed by atoms with van der Waals surface area (Å²) in [5.74, 6) is -0.773. The molecule has 0 amide bonds. The Hall–Kier alpha value is -1.82. The van der Waals surface area contributed by atoms with Gasteiger partial charge >= 0.3 is 5.97 Å². The molecule has 3 N–H and O–H groups in total. The fourth-order valence-corrected chi connectivity index (χ4v) is 3.02. The predicted molar refractivity (Wildman–Crippen MR) is 92.3 cm³/mol. The molecule has 1 aromatic rings. The number of benzene rings is 1.